The largest absolute Gasteiger partial charge is 0.294 e. The summed E-state index contributed by atoms with van der Waals surface area (Å²) in [7, 11) is 0. The van der Waals surface area contributed by atoms with E-state index in [4.69, 9.17) is 11.6 Å². The lowest BCUT2D eigenvalue weighted by molar-refractivity contribution is 0.0993. The molecule has 0 aliphatic carbocycles. The summed E-state index contributed by atoms with van der Waals surface area (Å²) in [5.41, 5.74) is 0.645. The molecular formula is C11H7BrClNOS. The van der Waals surface area contributed by atoms with Gasteiger partial charge < -0.3 is 0 Å². The molecule has 0 atom stereocenters. The van der Waals surface area contributed by atoms with Gasteiger partial charge in [0.2, 0.25) is 0 Å². The van der Waals surface area contributed by atoms with Crippen molar-refractivity contribution in [3.63, 3.8) is 0 Å². The molecule has 0 aliphatic rings. The van der Waals surface area contributed by atoms with E-state index >= 15 is 0 Å². The lowest BCUT2D eigenvalue weighted by Gasteiger charge is -2.01. The monoisotopic (exact) mass is 315 g/mol. The highest BCUT2D eigenvalue weighted by atomic mass is 79.9. The van der Waals surface area contributed by atoms with Crippen LogP contribution in [0.5, 0.6) is 0 Å². The molecule has 16 heavy (non-hydrogen) atoms. The van der Waals surface area contributed by atoms with Gasteiger partial charge in [0.25, 0.3) is 0 Å². The van der Waals surface area contributed by atoms with Gasteiger partial charge in [-0.2, -0.15) is 0 Å². The van der Waals surface area contributed by atoms with E-state index in [-0.39, 0.29) is 5.78 Å². The van der Waals surface area contributed by atoms with Crippen LogP contribution < -0.4 is 0 Å². The van der Waals surface area contributed by atoms with E-state index in [0.29, 0.717) is 17.0 Å². The van der Waals surface area contributed by atoms with Crippen molar-refractivity contribution >= 4 is 44.7 Å². The maximum atomic E-state index is 11.9. The smallest absolute Gasteiger partial charge is 0.169 e. The van der Waals surface area contributed by atoms with E-state index in [9.17, 15) is 4.79 Å². The molecule has 0 aliphatic heterocycles. The maximum absolute atomic E-state index is 11.9. The average molecular weight is 317 g/mol. The quantitative estimate of drug-likeness (QED) is 0.802. The van der Waals surface area contributed by atoms with Gasteiger partial charge in [-0.25, -0.2) is 4.98 Å². The van der Waals surface area contributed by atoms with E-state index in [1.54, 1.807) is 24.4 Å². The first kappa shape index (κ1) is 11.8. The van der Waals surface area contributed by atoms with Crippen LogP contribution in [0.1, 0.15) is 15.4 Å². The van der Waals surface area contributed by atoms with E-state index < -0.39 is 0 Å². The van der Waals surface area contributed by atoms with Crippen molar-refractivity contribution < 1.29 is 4.79 Å². The van der Waals surface area contributed by atoms with Crippen molar-refractivity contribution in [2.45, 2.75) is 6.42 Å². The molecule has 2 rings (SSSR count). The summed E-state index contributed by atoms with van der Waals surface area (Å²) in [4.78, 5) is 16.0. The molecule has 0 N–H and O–H groups in total. The molecule has 2 aromatic rings. The number of benzene rings is 1. The number of Topliss-reactive ketones (excluding diaryl/α,β-unsaturated/α-hetero) is 1. The third kappa shape index (κ3) is 2.70. The number of ketones is 1. The molecule has 0 spiro atoms. The third-order valence-electron chi connectivity index (χ3n) is 2.04. The van der Waals surface area contributed by atoms with Crippen LogP contribution in [0.3, 0.4) is 0 Å². The summed E-state index contributed by atoms with van der Waals surface area (Å²) in [6, 6.07) is 5.17. The first-order valence-corrected chi connectivity index (χ1v) is 6.58. The molecule has 0 bridgehead atoms. The molecular weight excluding hydrogens is 310 g/mol. The molecule has 2 nitrogen and oxygen atoms in total. The molecule has 1 aromatic carbocycles. The highest BCUT2D eigenvalue weighted by Crippen LogP contribution is 2.24. The Hall–Kier alpha value is -0.710. The molecule has 0 fully saturated rings. The highest BCUT2D eigenvalue weighted by molar-refractivity contribution is 9.10. The molecule has 5 heteroatoms. The van der Waals surface area contributed by atoms with E-state index in [0.717, 1.165) is 9.48 Å². The van der Waals surface area contributed by atoms with Gasteiger partial charge in [-0.15, -0.1) is 11.3 Å². The molecule has 1 heterocycles. The number of hydrogen-bond donors (Lipinski definition) is 0. The van der Waals surface area contributed by atoms with Crippen LogP contribution in [0.4, 0.5) is 0 Å². The minimum absolute atomic E-state index is 0.0484. The fourth-order valence-electron chi connectivity index (χ4n) is 1.25. The van der Waals surface area contributed by atoms with Gasteiger partial charge >= 0.3 is 0 Å². The van der Waals surface area contributed by atoms with Crippen LogP contribution in [0, 0.1) is 0 Å². The first-order valence-electron chi connectivity index (χ1n) is 4.53. The Balaban J connectivity index is 2.18. The van der Waals surface area contributed by atoms with Gasteiger partial charge in [-0.05, 0) is 34.1 Å². The zero-order chi connectivity index (χ0) is 11.5. The number of carbonyl (C=O) groups excluding carboxylic acids is 1. The Labute approximate surface area is 110 Å². The topological polar surface area (TPSA) is 30.0 Å². The number of hydrogen-bond acceptors (Lipinski definition) is 3. The summed E-state index contributed by atoms with van der Waals surface area (Å²) in [6.45, 7) is 0. The zero-order valence-corrected chi connectivity index (χ0v) is 11.3. The average Bonchev–Trinajstić information content (AvgIpc) is 2.74. The Morgan fingerprint density at radius 3 is 2.94 bits per heavy atom. The second-order valence-corrected chi connectivity index (χ2v) is 5.40. The third-order valence-corrected chi connectivity index (χ3v) is 4.03. The normalized spacial score (nSPS) is 10.4. The molecule has 1 aromatic heterocycles. The number of nitrogens with zero attached hydrogens (tertiary/aromatic N) is 1. The summed E-state index contributed by atoms with van der Waals surface area (Å²) < 4.78 is 0.735. The van der Waals surface area contributed by atoms with E-state index in [2.05, 4.69) is 20.9 Å². The van der Waals surface area contributed by atoms with Crippen molar-refractivity contribution in [2.75, 3.05) is 0 Å². The van der Waals surface area contributed by atoms with Crippen LogP contribution in [0.25, 0.3) is 0 Å². The van der Waals surface area contributed by atoms with Crippen molar-refractivity contribution in [3.8, 4) is 0 Å². The molecule has 0 amide bonds. The van der Waals surface area contributed by atoms with Crippen LogP contribution in [-0.4, -0.2) is 10.8 Å². The van der Waals surface area contributed by atoms with Gasteiger partial charge in [0, 0.05) is 21.6 Å². The SMILES string of the molecule is O=C(Cc1nccs1)c1ccc(Cl)c(Br)c1. The summed E-state index contributed by atoms with van der Waals surface area (Å²) in [5, 5.41) is 3.29. The Morgan fingerprint density at radius 1 is 1.50 bits per heavy atom. The van der Waals surface area contributed by atoms with Crippen molar-refractivity contribution in [3.05, 3.63) is 49.8 Å². The number of thiazole rings is 1. The predicted molar refractivity (Wildman–Crippen MR) is 69.3 cm³/mol. The molecule has 0 unspecified atom stereocenters. The second kappa shape index (κ2) is 5.08. The summed E-state index contributed by atoms with van der Waals surface area (Å²) in [6.07, 6.45) is 2.04. The van der Waals surface area contributed by atoms with E-state index in [1.165, 1.54) is 11.3 Å². The lowest BCUT2D eigenvalue weighted by Crippen LogP contribution is -2.03. The number of halogens is 2. The van der Waals surface area contributed by atoms with Gasteiger partial charge in [0.05, 0.1) is 11.4 Å². The number of rotatable bonds is 3. The predicted octanol–water partition coefficient (Wildman–Crippen LogP) is 3.98. The van der Waals surface area contributed by atoms with Crippen LogP contribution in [0.2, 0.25) is 5.02 Å². The van der Waals surface area contributed by atoms with Gasteiger partial charge in [0.15, 0.2) is 5.78 Å². The lowest BCUT2D eigenvalue weighted by atomic mass is 10.1. The van der Waals surface area contributed by atoms with Crippen LogP contribution >= 0.6 is 38.9 Å². The maximum Gasteiger partial charge on any atom is 0.169 e. The molecule has 0 saturated carbocycles. The summed E-state index contributed by atoms with van der Waals surface area (Å²) >= 11 is 10.6. The second-order valence-electron chi connectivity index (χ2n) is 3.15. The standard InChI is InChI=1S/C11H7BrClNOS/c12-8-5-7(1-2-9(8)13)10(15)6-11-14-3-4-16-11/h1-5H,6H2. The van der Waals surface area contributed by atoms with Crippen molar-refractivity contribution in [1.82, 2.24) is 4.98 Å². The highest BCUT2D eigenvalue weighted by Gasteiger charge is 2.10. The minimum atomic E-state index is 0.0484. The Kier molecular flexibility index (Phi) is 3.74. The fraction of sp³-hybridized carbons (Fsp3) is 0.0909. The molecule has 82 valence electrons. The Bertz CT molecular complexity index is 513. The van der Waals surface area contributed by atoms with Crippen LogP contribution in [0.15, 0.2) is 34.2 Å². The van der Waals surface area contributed by atoms with E-state index in [1.807, 2.05) is 5.38 Å². The van der Waals surface area contributed by atoms with Crippen LogP contribution in [-0.2, 0) is 6.42 Å². The summed E-state index contributed by atoms with van der Waals surface area (Å²) in [5.74, 6) is 0.0484. The Morgan fingerprint density at radius 2 is 2.31 bits per heavy atom. The molecule has 0 radical (unpaired) electrons. The van der Waals surface area contributed by atoms with Crippen molar-refractivity contribution in [2.24, 2.45) is 0 Å². The van der Waals surface area contributed by atoms with Gasteiger partial charge in [-0.1, -0.05) is 11.6 Å². The number of carbonyl (C=O) groups is 1. The molecule has 0 saturated heterocycles. The number of aromatic nitrogens is 1. The fourth-order valence-corrected chi connectivity index (χ4v) is 2.36. The van der Waals surface area contributed by atoms with Gasteiger partial charge in [-0.3, -0.25) is 4.79 Å². The minimum Gasteiger partial charge on any atom is -0.294 e. The first-order chi connectivity index (χ1) is 7.66. The zero-order valence-electron chi connectivity index (χ0n) is 8.11. The van der Waals surface area contributed by atoms with Crippen molar-refractivity contribution in [1.29, 1.82) is 0 Å². The van der Waals surface area contributed by atoms with Gasteiger partial charge in [0.1, 0.15) is 5.01 Å².